The molecule has 0 aliphatic rings. The lowest BCUT2D eigenvalue weighted by Crippen LogP contribution is -2.17. The van der Waals surface area contributed by atoms with Gasteiger partial charge in [-0.3, -0.25) is 9.52 Å². The summed E-state index contributed by atoms with van der Waals surface area (Å²) in [5, 5.41) is 8.45. The van der Waals surface area contributed by atoms with Crippen molar-refractivity contribution in [2.24, 2.45) is 0 Å². The zero-order chi connectivity index (χ0) is 12.9. The van der Waals surface area contributed by atoms with Gasteiger partial charge in [0, 0.05) is 12.6 Å². The van der Waals surface area contributed by atoms with E-state index in [1.165, 1.54) is 12.3 Å². The summed E-state index contributed by atoms with van der Waals surface area (Å²) in [5.41, 5.74) is 0.185. The number of aromatic nitrogens is 1. The van der Waals surface area contributed by atoms with Crippen LogP contribution < -0.4 is 4.72 Å². The van der Waals surface area contributed by atoms with Crippen molar-refractivity contribution in [1.82, 2.24) is 4.98 Å². The van der Waals surface area contributed by atoms with Gasteiger partial charge in [0.05, 0.1) is 11.4 Å². The van der Waals surface area contributed by atoms with Gasteiger partial charge in [0.15, 0.2) is 5.15 Å². The number of hydrogen-bond donors (Lipinski definition) is 2. The summed E-state index contributed by atoms with van der Waals surface area (Å²) < 4.78 is 25.3. The van der Waals surface area contributed by atoms with Crippen molar-refractivity contribution in [1.29, 1.82) is 0 Å². The van der Waals surface area contributed by atoms with Crippen molar-refractivity contribution in [2.75, 3.05) is 10.5 Å². The van der Waals surface area contributed by atoms with Gasteiger partial charge in [-0.1, -0.05) is 11.6 Å². The Labute approximate surface area is 104 Å². The average Bonchev–Trinajstić information content (AvgIpc) is 2.20. The standard InChI is InChI=1S/C9H11ClN2O4S/c10-9-7(3-1-5-11-9)12-17(15,16)6-2-4-8(13)14/h1,3,5,12H,2,4,6H2,(H,13,14). The number of carboxylic acid groups (broad SMARTS) is 1. The topological polar surface area (TPSA) is 96.4 Å². The normalized spacial score (nSPS) is 11.1. The smallest absolute Gasteiger partial charge is 0.303 e. The molecule has 1 rings (SSSR count). The molecule has 17 heavy (non-hydrogen) atoms. The first-order chi connectivity index (χ1) is 7.91. The molecule has 6 nitrogen and oxygen atoms in total. The summed E-state index contributed by atoms with van der Waals surface area (Å²) >= 11 is 5.68. The Morgan fingerprint density at radius 3 is 2.82 bits per heavy atom. The van der Waals surface area contributed by atoms with Gasteiger partial charge in [-0.05, 0) is 18.6 Å². The molecule has 0 aromatic carbocycles. The van der Waals surface area contributed by atoms with Crippen LogP contribution in [0.15, 0.2) is 18.3 Å². The molecule has 8 heteroatoms. The minimum Gasteiger partial charge on any atom is -0.481 e. The van der Waals surface area contributed by atoms with Crippen molar-refractivity contribution >= 4 is 33.3 Å². The molecule has 0 aliphatic heterocycles. The zero-order valence-electron chi connectivity index (χ0n) is 8.76. The molecule has 0 aliphatic carbocycles. The van der Waals surface area contributed by atoms with Gasteiger partial charge in [0.1, 0.15) is 0 Å². The largest absolute Gasteiger partial charge is 0.481 e. The highest BCUT2D eigenvalue weighted by molar-refractivity contribution is 7.92. The SMILES string of the molecule is O=C(O)CCCS(=O)(=O)Nc1cccnc1Cl. The third kappa shape index (κ3) is 5.01. The third-order valence-corrected chi connectivity index (χ3v) is 3.49. The Balaban J connectivity index is 2.61. The van der Waals surface area contributed by atoms with Crippen molar-refractivity contribution in [2.45, 2.75) is 12.8 Å². The van der Waals surface area contributed by atoms with E-state index in [4.69, 9.17) is 16.7 Å². The molecule has 1 aromatic rings. The Morgan fingerprint density at radius 2 is 2.24 bits per heavy atom. The van der Waals surface area contributed by atoms with E-state index >= 15 is 0 Å². The number of nitrogens with zero attached hydrogens (tertiary/aromatic N) is 1. The summed E-state index contributed by atoms with van der Waals surface area (Å²) in [4.78, 5) is 14.0. The maximum absolute atomic E-state index is 11.5. The van der Waals surface area contributed by atoms with Crippen molar-refractivity contribution < 1.29 is 18.3 Å². The number of anilines is 1. The van der Waals surface area contributed by atoms with Gasteiger partial charge < -0.3 is 5.11 Å². The summed E-state index contributed by atoms with van der Waals surface area (Å²) in [5.74, 6) is -1.30. The molecule has 1 heterocycles. The predicted octanol–water partition coefficient (Wildman–Crippen LogP) is 1.34. The number of aliphatic carboxylic acids is 1. The van der Waals surface area contributed by atoms with Crippen LogP contribution in [0.2, 0.25) is 5.15 Å². The van der Waals surface area contributed by atoms with Gasteiger partial charge in [0.25, 0.3) is 0 Å². The van der Waals surface area contributed by atoms with Crippen LogP contribution in [0.3, 0.4) is 0 Å². The Kier molecular flexibility index (Phi) is 4.71. The van der Waals surface area contributed by atoms with Crippen LogP contribution in [-0.4, -0.2) is 30.2 Å². The summed E-state index contributed by atoms with van der Waals surface area (Å²) in [6.45, 7) is 0. The monoisotopic (exact) mass is 278 g/mol. The molecule has 2 N–H and O–H groups in total. The third-order valence-electron chi connectivity index (χ3n) is 1.83. The fraction of sp³-hybridized carbons (Fsp3) is 0.333. The second-order valence-electron chi connectivity index (χ2n) is 3.26. The Hall–Kier alpha value is -1.34. The van der Waals surface area contributed by atoms with Gasteiger partial charge in [0.2, 0.25) is 10.0 Å². The molecule has 0 fully saturated rings. The molecule has 0 saturated carbocycles. The van der Waals surface area contributed by atoms with Gasteiger partial charge in [-0.25, -0.2) is 13.4 Å². The maximum atomic E-state index is 11.5. The van der Waals surface area contributed by atoms with E-state index < -0.39 is 16.0 Å². The van der Waals surface area contributed by atoms with E-state index in [-0.39, 0.29) is 29.4 Å². The number of pyridine rings is 1. The van der Waals surface area contributed by atoms with E-state index in [0.29, 0.717) is 0 Å². The number of nitrogens with one attached hydrogen (secondary N) is 1. The van der Waals surface area contributed by atoms with Crippen molar-refractivity contribution in [3.63, 3.8) is 0 Å². The minimum atomic E-state index is -3.59. The molecule has 0 atom stereocenters. The molecule has 0 bridgehead atoms. The van der Waals surface area contributed by atoms with E-state index in [2.05, 4.69) is 9.71 Å². The lowest BCUT2D eigenvalue weighted by atomic mass is 10.3. The van der Waals surface area contributed by atoms with Crippen molar-refractivity contribution in [3.05, 3.63) is 23.5 Å². The molecule has 0 unspecified atom stereocenters. The first kappa shape index (κ1) is 13.7. The van der Waals surface area contributed by atoms with Gasteiger partial charge >= 0.3 is 5.97 Å². The highest BCUT2D eigenvalue weighted by Gasteiger charge is 2.13. The number of hydrogen-bond acceptors (Lipinski definition) is 4. The molecular formula is C9H11ClN2O4S. The maximum Gasteiger partial charge on any atom is 0.303 e. The molecule has 0 amide bonds. The molecule has 1 aromatic heterocycles. The Morgan fingerprint density at radius 1 is 1.53 bits per heavy atom. The van der Waals surface area contributed by atoms with Crippen LogP contribution in [0.1, 0.15) is 12.8 Å². The highest BCUT2D eigenvalue weighted by Crippen LogP contribution is 2.19. The van der Waals surface area contributed by atoms with Crippen LogP contribution in [0.5, 0.6) is 0 Å². The lowest BCUT2D eigenvalue weighted by molar-refractivity contribution is -0.137. The minimum absolute atomic E-state index is 0.0442. The number of carbonyl (C=O) groups is 1. The highest BCUT2D eigenvalue weighted by atomic mass is 35.5. The van der Waals surface area contributed by atoms with E-state index in [1.807, 2.05) is 0 Å². The molecule has 94 valence electrons. The van der Waals surface area contributed by atoms with Gasteiger partial charge in [-0.2, -0.15) is 0 Å². The number of sulfonamides is 1. The average molecular weight is 279 g/mol. The van der Waals surface area contributed by atoms with E-state index in [9.17, 15) is 13.2 Å². The van der Waals surface area contributed by atoms with Crippen LogP contribution in [0.4, 0.5) is 5.69 Å². The Bertz CT molecular complexity index is 503. The van der Waals surface area contributed by atoms with E-state index in [0.717, 1.165) is 0 Å². The fourth-order valence-corrected chi connectivity index (χ4v) is 2.44. The molecule has 0 radical (unpaired) electrons. The predicted molar refractivity (Wildman–Crippen MR) is 63.5 cm³/mol. The number of rotatable bonds is 6. The first-order valence-electron chi connectivity index (χ1n) is 4.73. The van der Waals surface area contributed by atoms with Crippen LogP contribution in [0, 0.1) is 0 Å². The number of halogens is 1. The molecule has 0 saturated heterocycles. The number of carboxylic acids is 1. The van der Waals surface area contributed by atoms with E-state index in [1.54, 1.807) is 6.07 Å². The summed E-state index contributed by atoms with van der Waals surface area (Å²) in [7, 11) is -3.59. The molecular weight excluding hydrogens is 268 g/mol. The second-order valence-corrected chi connectivity index (χ2v) is 5.46. The van der Waals surface area contributed by atoms with Crippen LogP contribution in [0.25, 0.3) is 0 Å². The summed E-state index contributed by atoms with van der Waals surface area (Å²) in [6.07, 6.45) is 1.29. The summed E-state index contributed by atoms with van der Waals surface area (Å²) in [6, 6.07) is 3.02. The molecule has 0 spiro atoms. The second kappa shape index (κ2) is 5.83. The fourth-order valence-electron chi connectivity index (χ4n) is 1.09. The van der Waals surface area contributed by atoms with Crippen molar-refractivity contribution in [3.8, 4) is 0 Å². The van der Waals surface area contributed by atoms with Crippen LogP contribution in [-0.2, 0) is 14.8 Å². The quantitative estimate of drug-likeness (QED) is 0.766. The zero-order valence-corrected chi connectivity index (χ0v) is 10.3. The lowest BCUT2D eigenvalue weighted by Gasteiger charge is -2.07. The van der Waals surface area contributed by atoms with Crippen LogP contribution >= 0.6 is 11.6 Å². The van der Waals surface area contributed by atoms with Gasteiger partial charge in [-0.15, -0.1) is 0 Å². The first-order valence-corrected chi connectivity index (χ1v) is 6.76.